The summed E-state index contributed by atoms with van der Waals surface area (Å²) < 4.78 is 5.24. The fourth-order valence-electron chi connectivity index (χ4n) is 1.44. The molecule has 4 heteroatoms. The largest absolute Gasteiger partial charge is 0.394 e. The average molecular weight is 205 g/mol. The van der Waals surface area contributed by atoms with E-state index in [2.05, 4.69) is 11.8 Å². The maximum Gasteiger partial charge on any atom is 0.0698 e. The summed E-state index contributed by atoms with van der Waals surface area (Å²) in [4.78, 5) is 2.45. The van der Waals surface area contributed by atoms with Gasteiger partial charge in [-0.2, -0.15) is 11.8 Å². The normalized spacial score (nSPS) is 24.9. The molecule has 1 N–H and O–H groups in total. The van der Waals surface area contributed by atoms with Crippen molar-refractivity contribution in [3.05, 3.63) is 0 Å². The second-order valence-corrected chi connectivity index (χ2v) is 4.45. The maximum absolute atomic E-state index is 8.51. The van der Waals surface area contributed by atoms with Crippen LogP contribution in [0.4, 0.5) is 0 Å². The van der Waals surface area contributed by atoms with Gasteiger partial charge in [-0.05, 0) is 6.92 Å². The molecular weight excluding hydrogens is 186 g/mol. The Morgan fingerprint density at radius 3 is 3.08 bits per heavy atom. The van der Waals surface area contributed by atoms with E-state index < -0.39 is 0 Å². The molecule has 0 aromatic carbocycles. The lowest BCUT2D eigenvalue weighted by Crippen LogP contribution is -2.42. The zero-order valence-corrected chi connectivity index (χ0v) is 9.05. The van der Waals surface area contributed by atoms with Crippen molar-refractivity contribution in [2.45, 2.75) is 13.0 Å². The van der Waals surface area contributed by atoms with Gasteiger partial charge in [0.2, 0.25) is 0 Å². The van der Waals surface area contributed by atoms with E-state index in [9.17, 15) is 0 Å². The highest BCUT2D eigenvalue weighted by atomic mass is 32.2. The van der Waals surface area contributed by atoms with Gasteiger partial charge in [-0.3, -0.25) is 4.90 Å². The minimum absolute atomic E-state index is 0.130. The van der Waals surface area contributed by atoms with Crippen molar-refractivity contribution in [1.82, 2.24) is 4.90 Å². The summed E-state index contributed by atoms with van der Waals surface area (Å²) >= 11 is 2.03. The Balaban J connectivity index is 2.05. The van der Waals surface area contributed by atoms with Crippen LogP contribution in [0.3, 0.4) is 0 Å². The molecule has 0 spiro atoms. The van der Waals surface area contributed by atoms with E-state index in [0.29, 0.717) is 12.6 Å². The second kappa shape index (κ2) is 6.65. The molecular formula is C9H19NO2S. The van der Waals surface area contributed by atoms with Crippen LogP contribution in [0.5, 0.6) is 0 Å². The quantitative estimate of drug-likeness (QED) is 0.660. The average Bonchev–Trinajstić information content (AvgIpc) is 2.15. The molecule has 1 aliphatic rings. The molecule has 0 bridgehead atoms. The zero-order chi connectivity index (χ0) is 9.52. The Labute approximate surface area is 84.4 Å². The molecule has 1 heterocycles. The van der Waals surface area contributed by atoms with E-state index in [1.165, 1.54) is 18.1 Å². The summed E-state index contributed by atoms with van der Waals surface area (Å²) in [5.41, 5.74) is 0. The third-order valence-electron chi connectivity index (χ3n) is 2.26. The number of aliphatic hydroxyl groups is 1. The van der Waals surface area contributed by atoms with E-state index in [4.69, 9.17) is 9.84 Å². The number of thioether (sulfide) groups is 1. The molecule has 1 aliphatic heterocycles. The van der Waals surface area contributed by atoms with Crippen molar-refractivity contribution in [3.8, 4) is 0 Å². The van der Waals surface area contributed by atoms with Crippen LogP contribution >= 0.6 is 11.8 Å². The molecule has 0 aromatic rings. The van der Waals surface area contributed by atoms with Crippen LogP contribution in [0.25, 0.3) is 0 Å². The molecule has 13 heavy (non-hydrogen) atoms. The van der Waals surface area contributed by atoms with Gasteiger partial charge in [-0.25, -0.2) is 0 Å². The molecule has 3 nitrogen and oxygen atoms in total. The van der Waals surface area contributed by atoms with Crippen molar-refractivity contribution in [2.24, 2.45) is 0 Å². The van der Waals surface area contributed by atoms with Gasteiger partial charge in [0.15, 0.2) is 0 Å². The number of rotatable bonds is 5. The Morgan fingerprint density at radius 1 is 1.54 bits per heavy atom. The van der Waals surface area contributed by atoms with E-state index >= 15 is 0 Å². The van der Waals surface area contributed by atoms with Gasteiger partial charge in [0.1, 0.15) is 0 Å². The van der Waals surface area contributed by atoms with Crippen molar-refractivity contribution < 1.29 is 9.84 Å². The summed E-state index contributed by atoms with van der Waals surface area (Å²) in [7, 11) is 0. The van der Waals surface area contributed by atoms with Crippen LogP contribution in [-0.2, 0) is 4.74 Å². The summed E-state index contributed by atoms with van der Waals surface area (Å²) in [6.07, 6.45) is 0. The predicted molar refractivity (Wildman–Crippen MR) is 56.3 cm³/mol. The summed E-state index contributed by atoms with van der Waals surface area (Å²) in [5, 5.41) is 8.51. The first-order chi connectivity index (χ1) is 6.34. The van der Waals surface area contributed by atoms with Crippen LogP contribution in [-0.4, -0.2) is 60.5 Å². The lowest BCUT2D eigenvalue weighted by Gasteiger charge is -2.32. The molecule has 78 valence electrons. The monoisotopic (exact) mass is 205 g/mol. The van der Waals surface area contributed by atoms with Crippen molar-refractivity contribution in [2.75, 3.05) is 44.4 Å². The van der Waals surface area contributed by atoms with Crippen molar-refractivity contribution >= 4 is 11.8 Å². The highest BCUT2D eigenvalue weighted by Gasteiger charge is 2.17. The van der Waals surface area contributed by atoms with E-state index in [0.717, 1.165) is 13.2 Å². The molecule has 0 aromatic heterocycles. The SMILES string of the molecule is CC1CSCCN1CCOCCO. The number of hydrogen-bond acceptors (Lipinski definition) is 4. The Bertz CT molecular complexity index is 135. The van der Waals surface area contributed by atoms with E-state index in [1.54, 1.807) is 0 Å². The number of nitrogens with zero attached hydrogens (tertiary/aromatic N) is 1. The van der Waals surface area contributed by atoms with Gasteiger partial charge in [0, 0.05) is 30.6 Å². The minimum Gasteiger partial charge on any atom is -0.394 e. The highest BCUT2D eigenvalue weighted by molar-refractivity contribution is 7.99. The number of ether oxygens (including phenoxy) is 1. The van der Waals surface area contributed by atoms with E-state index in [1.807, 2.05) is 11.8 Å². The lowest BCUT2D eigenvalue weighted by atomic mass is 10.3. The van der Waals surface area contributed by atoms with Gasteiger partial charge in [0.05, 0.1) is 19.8 Å². The molecule has 1 rings (SSSR count). The molecule has 1 fully saturated rings. The van der Waals surface area contributed by atoms with Crippen LogP contribution < -0.4 is 0 Å². The maximum atomic E-state index is 8.51. The molecule has 0 saturated carbocycles. The highest BCUT2D eigenvalue weighted by Crippen LogP contribution is 2.14. The first kappa shape index (κ1) is 11.3. The molecule has 0 radical (unpaired) electrons. The minimum atomic E-state index is 0.130. The number of aliphatic hydroxyl groups excluding tert-OH is 1. The van der Waals surface area contributed by atoms with Gasteiger partial charge in [0.25, 0.3) is 0 Å². The van der Waals surface area contributed by atoms with Gasteiger partial charge >= 0.3 is 0 Å². The molecule has 1 atom stereocenters. The van der Waals surface area contributed by atoms with Crippen molar-refractivity contribution in [3.63, 3.8) is 0 Å². The molecule has 0 amide bonds. The lowest BCUT2D eigenvalue weighted by molar-refractivity contribution is 0.0682. The standard InChI is InChI=1S/C9H19NO2S/c1-9-8-13-7-3-10(9)2-5-12-6-4-11/h9,11H,2-8H2,1H3. The smallest absolute Gasteiger partial charge is 0.0698 e. The van der Waals surface area contributed by atoms with Gasteiger partial charge in [-0.15, -0.1) is 0 Å². The predicted octanol–water partition coefficient (Wildman–Crippen LogP) is 0.433. The summed E-state index contributed by atoms with van der Waals surface area (Å²) in [6.45, 7) is 5.78. The van der Waals surface area contributed by atoms with Crippen LogP contribution in [0.1, 0.15) is 6.92 Å². The van der Waals surface area contributed by atoms with Crippen LogP contribution in [0, 0.1) is 0 Å². The molecule has 1 unspecified atom stereocenters. The first-order valence-corrected chi connectivity index (χ1v) is 6.00. The summed E-state index contributed by atoms with van der Waals surface area (Å²) in [5.74, 6) is 2.48. The Morgan fingerprint density at radius 2 is 2.38 bits per heavy atom. The van der Waals surface area contributed by atoms with Crippen molar-refractivity contribution in [1.29, 1.82) is 0 Å². The van der Waals surface area contributed by atoms with E-state index in [-0.39, 0.29) is 6.61 Å². The van der Waals surface area contributed by atoms with Crippen LogP contribution in [0.15, 0.2) is 0 Å². The Hall–Kier alpha value is 0.230. The Kier molecular flexibility index (Phi) is 5.78. The third-order valence-corrected chi connectivity index (χ3v) is 3.45. The molecule has 1 saturated heterocycles. The fraction of sp³-hybridized carbons (Fsp3) is 1.00. The topological polar surface area (TPSA) is 32.7 Å². The zero-order valence-electron chi connectivity index (χ0n) is 8.24. The number of hydrogen-bond donors (Lipinski definition) is 1. The molecule has 0 aliphatic carbocycles. The fourth-order valence-corrected chi connectivity index (χ4v) is 2.52. The second-order valence-electron chi connectivity index (χ2n) is 3.30. The van der Waals surface area contributed by atoms with Gasteiger partial charge in [-0.1, -0.05) is 0 Å². The summed E-state index contributed by atoms with van der Waals surface area (Å²) in [6, 6.07) is 0.677. The van der Waals surface area contributed by atoms with Gasteiger partial charge < -0.3 is 9.84 Å². The third kappa shape index (κ3) is 4.31. The van der Waals surface area contributed by atoms with Crippen LogP contribution in [0.2, 0.25) is 0 Å². The first-order valence-electron chi connectivity index (χ1n) is 4.85.